The average molecular weight is 732 g/mol. The zero-order valence-electron chi connectivity index (χ0n) is 27.6. The number of hydrogen-bond acceptors (Lipinski definition) is 9. The maximum Gasteiger partial charge on any atom is 0.338 e. The highest BCUT2D eigenvalue weighted by atomic mass is 35.5. The number of nitrogens with zero attached hydrogens (tertiary/aromatic N) is 2. The lowest BCUT2D eigenvalue weighted by molar-refractivity contribution is -0.138. The number of benzene rings is 4. The number of fused-ring (bicyclic) bond motifs is 1. The Morgan fingerprint density at radius 1 is 0.880 bits per heavy atom. The van der Waals surface area contributed by atoms with Gasteiger partial charge in [-0.15, -0.1) is 0 Å². The third-order valence-electron chi connectivity index (χ3n) is 7.98. The van der Waals surface area contributed by atoms with E-state index in [1.165, 1.54) is 23.0 Å². The van der Waals surface area contributed by atoms with Crippen molar-refractivity contribution in [3.63, 3.8) is 0 Å². The fourth-order valence-corrected chi connectivity index (χ4v) is 6.98. The Morgan fingerprint density at radius 2 is 1.64 bits per heavy atom. The SMILES string of the molecule is CCOC(=O)C1=C(c2ccccc2)N=c2s/c(=C\c3cccc(OC)c3OCc3ccc(Cl)c(Cl)c3)c(=O)n2[C@@H]1c1ccc(OC)c(OC)c1. The molecule has 1 aromatic heterocycles. The van der Waals surface area contributed by atoms with Gasteiger partial charge in [-0.05, 0) is 54.5 Å². The van der Waals surface area contributed by atoms with E-state index in [2.05, 4.69) is 0 Å². The molecule has 1 atom stereocenters. The molecule has 9 nitrogen and oxygen atoms in total. The Balaban J connectivity index is 1.56. The van der Waals surface area contributed by atoms with Crippen molar-refractivity contribution < 1.29 is 28.5 Å². The second-order valence-corrected chi connectivity index (χ2v) is 12.8. The lowest BCUT2D eigenvalue weighted by Crippen LogP contribution is -2.40. The molecule has 0 N–H and O–H groups in total. The number of methoxy groups -OCH3 is 3. The first-order chi connectivity index (χ1) is 24.3. The van der Waals surface area contributed by atoms with Crippen LogP contribution in [0.5, 0.6) is 23.0 Å². The number of esters is 1. The number of aromatic nitrogens is 1. The number of rotatable bonds is 11. The van der Waals surface area contributed by atoms with Crippen LogP contribution in [0.3, 0.4) is 0 Å². The van der Waals surface area contributed by atoms with E-state index in [1.807, 2.05) is 48.5 Å². The van der Waals surface area contributed by atoms with Gasteiger partial charge in [0.15, 0.2) is 27.8 Å². The molecular formula is C38H32Cl2N2O7S. The fourth-order valence-electron chi connectivity index (χ4n) is 5.67. The van der Waals surface area contributed by atoms with Gasteiger partial charge in [-0.2, -0.15) is 0 Å². The van der Waals surface area contributed by atoms with E-state index >= 15 is 0 Å². The highest BCUT2D eigenvalue weighted by Gasteiger charge is 2.35. The van der Waals surface area contributed by atoms with E-state index < -0.39 is 12.0 Å². The summed E-state index contributed by atoms with van der Waals surface area (Å²) < 4.78 is 30.5. The summed E-state index contributed by atoms with van der Waals surface area (Å²) in [7, 11) is 4.61. The topological polar surface area (TPSA) is 97.6 Å². The number of ether oxygens (including phenoxy) is 5. The van der Waals surface area contributed by atoms with Crippen molar-refractivity contribution in [3.8, 4) is 23.0 Å². The van der Waals surface area contributed by atoms with Crippen LogP contribution in [0.15, 0.2) is 100 Å². The van der Waals surface area contributed by atoms with Crippen LogP contribution in [0.4, 0.5) is 0 Å². The normalized spacial score (nSPS) is 14.1. The molecule has 4 aromatic carbocycles. The van der Waals surface area contributed by atoms with Crippen LogP contribution in [0.2, 0.25) is 10.0 Å². The smallest absolute Gasteiger partial charge is 0.338 e. The van der Waals surface area contributed by atoms with Crippen molar-refractivity contribution in [3.05, 3.63) is 142 Å². The molecule has 0 saturated carbocycles. The fraction of sp³-hybridized carbons (Fsp3) is 0.184. The molecule has 0 aliphatic carbocycles. The molecule has 0 spiro atoms. The molecule has 6 rings (SSSR count). The van der Waals surface area contributed by atoms with Gasteiger partial charge in [0.05, 0.1) is 59.8 Å². The predicted octanol–water partition coefficient (Wildman–Crippen LogP) is 6.85. The van der Waals surface area contributed by atoms with E-state index in [4.69, 9.17) is 51.9 Å². The summed E-state index contributed by atoms with van der Waals surface area (Å²) in [5.74, 6) is 1.26. The van der Waals surface area contributed by atoms with Crippen LogP contribution in [0.1, 0.15) is 35.2 Å². The Bertz CT molecular complexity index is 2280. The monoisotopic (exact) mass is 730 g/mol. The van der Waals surface area contributed by atoms with Gasteiger partial charge < -0.3 is 23.7 Å². The molecule has 0 radical (unpaired) electrons. The van der Waals surface area contributed by atoms with Gasteiger partial charge in [0.2, 0.25) is 0 Å². The third-order valence-corrected chi connectivity index (χ3v) is 9.70. The van der Waals surface area contributed by atoms with E-state index in [0.717, 1.165) is 5.56 Å². The van der Waals surface area contributed by atoms with Crippen LogP contribution in [0, 0.1) is 0 Å². The molecule has 50 heavy (non-hydrogen) atoms. The Hall–Kier alpha value is -5.03. The van der Waals surface area contributed by atoms with Gasteiger partial charge >= 0.3 is 5.97 Å². The quantitative estimate of drug-likeness (QED) is 0.137. The summed E-state index contributed by atoms with van der Waals surface area (Å²) in [6.07, 6.45) is 1.73. The summed E-state index contributed by atoms with van der Waals surface area (Å²) in [6, 6.07) is 24.4. The minimum absolute atomic E-state index is 0.133. The summed E-state index contributed by atoms with van der Waals surface area (Å²) >= 11 is 13.5. The molecule has 5 aromatic rings. The predicted molar refractivity (Wildman–Crippen MR) is 194 cm³/mol. The average Bonchev–Trinajstić information content (AvgIpc) is 3.45. The van der Waals surface area contributed by atoms with Gasteiger partial charge in [-0.25, -0.2) is 9.79 Å². The molecular weight excluding hydrogens is 699 g/mol. The van der Waals surface area contributed by atoms with E-state index in [1.54, 1.807) is 63.6 Å². The molecule has 0 fully saturated rings. The van der Waals surface area contributed by atoms with Crippen LogP contribution in [-0.4, -0.2) is 38.5 Å². The molecule has 0 bridgehead atoms. The van der Waals surface area contributed by atoms with Crippen molar-refractivity contribution in [2.75, 3.05) is 27.9 Å². The van der Waals surface area contributed by atoms with Crippen molar-refractivity contribution in [2.24, 2.45) is 4.99 Å². The van der Waals surface area contributed by atoms with Crippen molar-refractivity contribution in [1.29, 1.82) is 0 Å². The summed E-state index contributed by atoms with van der Waals surface area (Å²) in [6.45, 7) is 2.03. The van der Waals surface area contributed by atoms with Crippen LogP contribution in [0.25, 0.3) is 11.8 Å². The first-order valence-electron chi connectivity index (χ1n) is 15.5. The molecule has 1 aliphatic heterocycles. The highest BCUT2D eigenvalue weighted by Crippen LogP contribution is 2.39. The molecule has 12 heteroatoms. The zero-order valence-corrected chi connectivity index (χ0v) is 29.9. The standard InChI is InChI=1S/C38H32Cl2N2O7S/c1-5-48-37(44)32-33(23-10-7-6-8-11-23)41-38-42(34(32)24-15-17-28(45-2)30(19-24)47-4)36(43)31(50-38)20-25-12-9-13-29(46-3)35(25)49-21-22-14-16-26(39)27(40)18-22/h6-20,34H,5,21H2,1-4H3/b31-20-/t34-/m1/s1. The number of halogens is 2. The van der Waals surface area contributed by atoms with Gasteiger partial charge in [0, 0.05) is 11.1 Å². The lowest BCUT2D eigenvalue weighted by atomic mass is 9.93. The van der Waals surface area contributed by atoms with E-state index in [-0.39, 0.29) is 24.3 Å². The number of hydrogen-bond donors (Lipinski definition) is 0. The van der Waals surface area contributed by atoms with Gasteiger partial charge in [-0.3, -0.25) is 9.36 Å². The Kier molecular flexibility index (Phi) is 10.6. The number of thiazole rings is 1. The Morgan fingerprint density at radius 3 is 2.34 bits per heavy atom. The molecule has 0 saturated heterocycles. The van der Waals surface area contributed by atoms with Crippen LogP contribution < -0.4 is 33.8 Å². The first kappa shape index (κ1) is 34.8. The van der Waals surface area contributed by atoms with Crippen LogP contribution >= 0.6 is 34.5 Å². The first-order valence-corrected chi connectivity index (χ1v) is 17.1. The largest absolute Gasteiger partial charge is 0.493 e. The highest BCUT2D eigenvalue weighted by molar-refractivity contribution is 7.07. The van der Waals surface area contributed by atoms with Crippen molar-refractivity contribution in [2.45, 2.75) is 19.6 Å². The summed E-state index contributed by atoms with van der Waals surface area (Å²) in [5.41, 5.74) is 2.97. The molecule has 2 heterocycles. The minimum atomic E-state index is -0.904. The zero-order chi connectivity index (χ0) is 35.4. The molecule has 0 amide bonds. The molecule has 0 unspecified atom stereocenters. The van der Waals surface area contributed by atoms with Gasteiger partial charge in [0.1, 0.15) is 6.61 Å². The van der Waals surface area contributed by atoms with Gasteiger partial charge in [0.25, 0.3) is 5.56 Å². The van der Waals surface area contributed by atoms with Gasteiger partial charge in [-0.1, -0.05) is 89.1 Å². The maximum atomic E-state index is 14.5. The second-order valence-electron chi connectivity index (χ2n) is 11.0. The summed E-state index contributed by atoms with van der Waals surface area (Å²) in [5, 5.41) is 0.854. The van der Waals surface area contributed by atoms with E-state index in [0.29, 0.717) is 64.8 Å². The maximum absolute atomic E-state index is 14.5. The summed E-state index contributed by atoms with van der Waals surface area (Å²) in [4.78, 5) is 33.7. The minimum Gasteiger partial charge on any atom is -0.493 e. The van der Waals surface area contributed by atoms with Crippen molar-refractivity contribution >= 4 is 52.3 Å². The second kappa shape index (κ2) is 15.2. The Labute approximate surface area is 302 Å². The lowest BCUT2D eigenvalue weighted by Gasteiger charge is -2.26. The van der Waals surface area contributed by atoms with E-state index in [9.17, 15) is 9.59 Å². The molecule has 256 valence electrons. The molecule has 1 aliphatic rings. The van der Waals surface area contributed by atoms with Crippen LogP contribution in [-0.2, 0) is 16.1 Å². The number of para-hydroxylation sites is 1. The number of carbonyl (C=O) groups is 1. The number of carbonyl (C=O) groups excluding carboxylic acids is 1. The van der Waals surface area contributed by atoms with Crippen molar-refractivity contribution in [1.82, 2.24) is 4.57 Å². The third kappa shape index (κ3) is 6.87.